The van der Waals surface area contributed by atoms with E-state index >= 15 is 0 Å². The van der Waals surface area contributed by atoms with Gasteiger partial charge in [0.2, 0.25) is 10.0 Å². The van der Waals surface area contributed by atoms with Crippen LogP contribution in [-0.4, -0.2) is 26.0 Å². The smallest absolute Gasteiger partial charge is 0.240 e. The summed E-state index contributed by atoms with van der Waals surface area (Å²) in [4.78, 5) is 0.185. The Morgan fingerprint density at radius 2 is 2.10 bits per heavy atom. The molecule has 7 heteroatoms. The summed E-state index contributed by atoms with van der Waals surface area (Å²) in [5.41, 5.74) is 6.70. The number of aryl methyl sites for hydroxylation is 1. The van der Waals surface area contributed by atoms with Gasteiger partial charge in [-0.05, 0) is 50.1 Å². The fourth-order valence-corrected chi connectivity index (χ4v) is 4.78. The number of rotatable bonds is 4. The van der Waals surface area contributed by atoms with Crippen LogP contribution in [0.3, 0.4) is 0 Å². The largest absolute Gasteiger partial charge is 0.397 e. The highest BCUT2D eigenvalue weighted by Gasteiger charge is 2.28. The van der Waals surface area contributed by atoms with E-state index in [1.807, 2.05) is 0 Å². The molecule has 20 heavy (non-hydrogen) atoms. The van der Waals surface area contributed by atoms with Gasteiger partial charge in [0, 0.05) is 11.3 Å². The van der Waals surface area contributed by atoms with Crippen LogP contribution >= 0.6 is 23.4 Å². The second kappa shape index (κ2) is 6.13. The number of sulfonamides is 1. The zero-order valence-corrected chi connectivity index (χ0v) is 13.9. The van der Waals surface area contributed by atoms with Crippen LogP contribution in [0.5, 0.6) is 0 Å². The van der Waals surface area contributed by atoms with Crippen LogP contribution < -0.4 is 10.5 Å². The lowest BCUT2D eigenvalue weighted by Crippen LogP contribution is -2.33. The summed E-state index contributed by atoms with van der Waals surface area (Å²) in [6.45, 7) is 1.75. The van der Waals surface area contributed by atoms with Crippen LogP contribution in [0.25, 0.3) is 0 Å². The Labute approximate surface area is 129 Å². The zero-order valence-electron chi connectivity index (χ0n) is 11.5. The van der Waals surface area contributed by atoms with Crippen molar-refractivity contribution in [3.8, 4) is 0 Å². The van der Waals surface area contributed by atoms with Gasteiger partial charge in [0.15, 0.2) is 0 Å². The summed E-state index contributed by atoms with van der Waals surface area (Å²) in [7, 11) is -3.54. The van der Waals surface area contributed by atoms with Crippen molar-refractivity contribution >= 4 is 39.1 Å². The molecule has 1 aliphatic carbocycles. The molecule has 0 aromatic heterocycles. The number of anilines is 1. The Morgan fingerprint density at radius 3 is 2.65 bits per heavy atom. The van der Waals surface area contributed by atoms with E-state index in [4.69, 9.17) is 17.3 Å². The minimum Gasteiger partial charge on any atom is -0.397 e. The van der Waals surface area contributed by atoms with E-state index in [0.29, 0.717) is 21.5 Å². The van der Waals surface area contributed by atoms with Crippen molar-refractivity contribution in [2.24, 2.45) is 0 Å². The molecule has 0 heterocycles. The highest BCUT2D eigenvalue weighted by Crippen LogP contribution is 2.30. The van der Waals surface area contributed by atoms with Crippen LogP contribution in [0.1, 0.15) is 24.8 Å². The molecular formula is C13H19ClN2O2S2. The predicted molar refractivity (Wildman–Crippen MR) is 85.9 cm³/mol. The van der Waals surface area contributed by atoms with Crippen LogP contribution in [0, 0.1) is 6.92 Å². The van der Waals surface area contributed by atoms with Gasteiger partial charge in [-0.25, -0.2) is 13.1 Å². The Kier molecular flexibility index (Phi) is 4.89. The first-order valence-electron chi connectivity index (χ1n) is 6.44. The monoisotopic (exact) mass is 334 g/mol. The molecule has 1 saturated carbocycles. The molecule has 0 spiro atoms. The summed E-state index contributed by atoms with van der Waals surface area (Å²) in [6, 6.07) is 2.98. The standard InChI is InChI=1S/C13H19ClN2O2S2/c1-8-5-11(7-12(15)13(8)14)20(17,18)16-9-3-4-10(6-9)19-2/h5,7,9-10,16H,3-4,6,15H2,1-2H3. The van der Waals surface area contributed by atoms with E-state index in [2.05, 4.69) is 11.0 Å². The number of nitrogens with one attached hydrogen (secondary N) is 1. The molecular weight excluding hydrogens is 316 g/mol. The molecule has 2 atom stereocenters. The summed E-state index contributed by atoms with van der Waals surface area (Å²) in [5, 5.41) is 0.951. The highest BCUT2D eigenvalue weighted by molar-refractivity contribution is 7.99. The second-order valence-corrected chi connectivity index (χ2v) is 8.36. The van der Waals surface area contributed by atoms with E-state index in [1.165, 1.54) is 6.07 Å². The van der Waals surface area contributed by atoms with E-state index < -0.39 is 10.0 Å². The van der Waals surface area contributed by atoms with Crippen molar-refractivity contribution in [1.29, 1.82) is 0 Å². The molecule has 112 valence electrons. The van der Waals surface area contributed by atoms with E-state index in [0.717, 1.165) is 19.3 Å². The van der Waals surface area contributed by atoms with Crippen molar-refractivity contribution in [3.05, 3.63) is 22.7 Å². The van der Waals surface area contributed by atoms with Crippen molar-refractivity contribution in [2.75, 3.05) is 12.0 Å². The summed E-state index contributed by atoms with van der Waals surface area (Å²) >= 11 is 7.76. The Bertz CT molecular complexity index is 581. The molecule has 2 unspecified atom stereocenters. The average molecular weight is 335 g/mol. The molecule has 0 amide bonds. The highest BCUT2D eigenvalue weighted by atomic mass is 35.5. The van der Waals surface area contributed by atoms with E-state index in [1.54, 1.807) is 24.8 Å². The van der Waals surface area contributed by atoms with Crippen molar-refractivity contribution in [2.45, 2.75) is 42.4 Å². The van der Waals surface area contributed by atoms with Gasteiger partial charge < -0.3 is 5.73 Å². The zero-order chi connectivity index (χ0) is 14.9. The Balaban J connectivity index is 2.19. The van der Waals surface area contributed by atoms with Crippen LogP contribution in [-0.2, 0) is 10.0 Å². The molecule has 0 bridgehead atoms. The fraction of sp³-hybridized carbons (Fsp3) is 0.538. The molecule has 1 aromatic rings. The minimum absolute atomic E-state index is 0.00894. The Hall–Kier alpha value is -0.430. The lowest BCUT2D eigenvalue weighted by atomic mass is 10.2. The van der Waals surface area contributed by atoms with Crippen LogP contribution in [0.15, 0.2) is 17.0 Å². The predicted octanol–water partition coefficient (Wildman–Crippen LogP) is 2.79. The first kappa shape index (κ1) is 15.9. The number of hydrogen-bond donors (Lipinski definition) is 2. The number of nitrogen functional groups attached to an aromatic ring is 1. The van der Waals surface area contributed by atoms with Crippen LogP contribution in [0.2, 0.25) is 5.02 Å². The van der Waals surface area contributed by atoms with E-state index in [-0.39, 0.29) is 10.9 Å². The third-order valence-corrected chi connectivity index (χ3v) is 6.72. The summed E-state index contributed by atoms with van der Waals surface area (Å²) < 4.78 is 27.5. The number of nitrogens with two attached hydrogens (primary N) is 1. The molecule has 0 aliphatic heterocycles. The molecule has 2 rings (SSSR count). The first-order valence-corrected chi connectivity index (χ1v) is 9.59. The molecule has 1 aliphatic rings. The fourth-order valence-electron chi connectivity index (χ4n) is 2.47. The van der Waals surface area contributed by atoms with Crippen molar-refractivity contribution in [1.82, 2.24) is 4.72 Å². The summed E-state index contributed by atoms with van der Waals surface area (Å²) in [6.07, 6.45) is 4.87. The third kappa shape index (κ3) is 3.42. The lowest BCUT2D eigenvalue weighted by molar-refractivity contribution is 0.552. The molecule has 4 nitrogen and oxygen atoms in total. The second-order valence-electron chi connectivity index (χ2n) is 5.13. The van der Waals surface area contributed by atoms with Crippen LogP contribution in [0.4, 0.5) is 5.69 Å². The summed E-state index contributed by atoms with van der Waals surface area (Å²) in [5.74, 6) is 0. The Morgan fingerprint density at radius 1 is 1.40 bits per heavy atom. The quantitative estimate of drug-likeness (QED) is 0.830. The lowest BCUT2D eigenvalue weighted by Gasteiger charge is -2.14. The molecule has 3 N–H and O–H groups in total. The maximum absolute atomic E-state index is 12.4. The number of benzene rings is 1. The molecule has 0 saturated heterocycles. The SMILES string of the molecule is CSC1CCC(NS(=O)(=O)c2cc(C)c(Cl)c(N)c2)C1. The number of thioether (sulfide) groups is 1. The first-order chi connectivity index (χ1) is 9.33. The van der Waals surface area contributed by atoms with Gasteiger partial charge >= 0.3 is 0 Å². The molecule has 0 radical (unpaired) electrons. The van der Waals surface area contributed by atoms with Gasteiger partial charge in [-0.2, -0.15) is 11.8 Å². The molecule has 1 fully saturated rings. The minimum atomic E-state index is -3.54. The van der Waals surface area contributed by atoms with Crippen molar-refractivity contribution in [3.63, 3.8) is 0 Å². The van der Waals surface area contributed by atoms with Gasteiger partial charge in [0.25, 0.3) is 0 Å². The van der Waals surface area contributed by atoms with Crippen molar-refractivity contribution < 1.29 is 8.42 Å². The van der Waals surface area contributed by atoms with Gasteiger partial charge in [-0.1, -0.05) is 11.6 Å². The van der Waals surface area contributed by atoms with Gasteiger partial charge in [0.1, 0.15) is 0 Å². The number of hydrogen-bond acceptors (Lipinski definition) is 4. The number of halogens is 1. The average Bonchev–Trinajstić information content (AvgIpc) is 2.82. The van der Waals surface area contributed by atoms with Gasteiger partial charge in [-0.15, -0.1) is 0 Å². The normalized spacial score (nSPS) is 23.1. The maximum Gasteiger partial charge on any atom is 0.240 e. The third-order valence-electron chi connectivity index (χ3n) is 3.61. The van der Waals surface area contributed by atoms with Gasteiger partial charge in [-0.3, -0.25) is 0 Å². The maximum atomic E-state index is 12.4. The van der Waals surface area contributed by atoms with Gasteiger partial charge in [0.05, 0.1) is 15.6 Å². The topological polar surface area (TPSA) is 72.2 Å². The molecule has 1 aromatic carbocycles. The van der Waals surface area contributed by atoms with E-state index in [9.17, 15) is 8.42 Å².